The van der Waals surface area contributed by atoms with Crippen molar-refractivity contribution in [2.24, 2.45) is 5.92 Å². The predicted molar refractivity (Wildman–Crippen MR) is 130 cm³/mol. The van der Waals surface area contributed by atoms with Crippen LogP contribution < -0.4 is 15.8 Å². The maximum absolute atomic E-state index is 13.2. The molecule has 2 aromatic carbocycles. The average molecular weight is 508 g/mol. The molecule has 1 aliphatic rings. The third kappa shape index (κ3) is 4.76. The first-order valence-electron chi connectivity index (χ1n) is 10.3. The summed E-state index contributed by atoms with van der Waals surface area (Å²) in [7, 11) is 0. The lowest BCUT2D eigenvalue weighted by Gasteiger charge is -2.28. The number of nitrogen functional groups attached to an aromatic ring is 1. The lowest BCUT2D eigenvalue weighted by atomic mass is 9.76. The lowest BCUT2D eigenvalue weighted by Crippen LogP contribution is -2.28. The summed E-state index contributed by atoms with van der Waals surface area (Å²) in [6, 6.07) is 8.04. The standard InChI is InChI=1S/C23H22ClN3O6.ClH/c1-10(22(30)27-15-5-3-13(25)8-17(15)33-9-18(28)29)14-4-2-11-6-12(24)7-16-19(11)20(14)21(26-16)23(31)32;/h3,5-8,10,14,26H,2,4,9,25H2,1H3,(H,27,30)(H,28,29)(H,31,32);1H. The summed E-state index contributed by atoms with van der Waals surface area (Å²) in [5.74, 6) is -3.43. The Labute approximate surface area is 205 Å². The van der Waals surface area contributed by atoms with Crippen LogP contribution >= 0.6 is 24.0 Å². The molecule has 1 heterocycles. The Morgan fingerprint density at radius 2 is 2.00 bits per heavy atom. The van der Waals surface area contributed by atoms with Gasteiger partial charge in [0.2, 0.25) is 5.91 Å². The van der Waals surface area contributed by atoms with E-state index in [1.54, 1.807) is 19.1 Å². The number of aromatic amines is 1. The van der Waals surface area contributed by atoms with E-state index >= 15 is 0 Å². The van der Waals surface area contributed by atoms with Crippen molar-refractivity contribution in [3.05, 3.63) is 52.2 Å². The van der Waals surface area contributed by atoms with Crippen LogP contribution in [0, 0.1) is 5.92 Å². The Morgan fingerprint density at radius 1 is 1.26 bits per heavy atom. The highest BCUT2D eigenvalue weighted by Gasteiger charge is 2.35. The van der Waals surface area contributed by atoms with E-state index in [-0.39, 0.29) is 41.4 Å². The van der Waals surface area contributed by atoms with E-state index in [4.69, 9.17) is 27.2 Å². The minimum Gasteiger partial charge on any atom is -0.480 e. The molecule has 0 spiro atoms. The number of aryl methyl sites for hydroxylation is 1. The number of nitrogens with two attached hydrogens (primary N) is 1. The molecule has 0 bridgehead atoms. The minimum absolute atomic E-state index is 0. The van der Waals surface area contributed by atoms with Crippen molar-refractivity contribution >= 4 is 64.1 Å². The maximum atomic E-state index is 13.2. The highest BCUT2D eigenvalue weighted by Crippen LogP contribution is 2.44. The van der Waals surface area contributed by atoms with Gasteiger partial charge >= 0.3 is 11.9 Å². The van der Waals surface area contributed by atoms with Crippen molar-refractivity contribution in [3.8, 4) is 5.75 Å². The van der Waals surface area contributed by atoms with Crippen molar-refractivity contribution in [3.63, 3.8) is 0 Å². The largest absolute Gasteiger partial charge is 0.480 e. The quantitative estimate of drug-likeness (QED) is 0.298. The number of carboxylic acid groups (broad SMARTS) is 2. The van der Waals surface area contributed by atoms with Crippen molar-refractivity contribution in [2.75, 3.05) is 17.7 Å². The number of hydrogen-bond donors (Lipinski definition) is 5. The number of H-pyrrole nitrogens is 1. The zero-order chi connectivity index (χ0) is 23.9. The summed E-state index contributed by atoms with van der Waals surface area (Å²) in [4.78, 5) is 39.0. The molecule has 2 atom stereocenters. The third-order valence-electron chi connectivity index (χ3n) is 5.92. The van der Waals surface area contributed by atoms with Gasteiger partial charge in [-0.1, -0.05) is 18.5 Å². The Balaban J connectivity index is 0.00000324. The number of ether oxygens (including phenoxy) is 1. The fraction of sp³-hybridized carbons (Fsp3) is 0.261. The number of aromatic nitrogens is 1. The number of benzene rings is 2. The van der Waals surface area contributed by atoms with Crippen LogP contribution in [0.3, 0.4) is 0 Å². The lowest BCUT2D eigenvalue weighted by molar-refractivity contribution is -0.139. The van der Waals surface area contributed by atoms with Crippen molar-refractivity contribution in [2.45, 2.75) is 25.7 Å². The second-order valence-corrected chi connectivity index (χ2v) is 8.50. The number of nitrogens with one attached hydrogen (secondary N) is 2. The molecule has 0 fully saturated rings. The molecule has 1 aliphatic carbocycles. The second kappa shape index (κ2) is 9.82. The molecule has 180 valence electrons. The Kier molecular flexibility index (Phi) is 7.28. The summed E-state index contributed by atoms with van der Waals surface area (Å²) < 4.78 is 5.26. The molecule has 1 aromatic heterocycles. The highest BCUT2D eigenvalue weighted by molar-refractivity contribution is 6.31. The maximum Gasteiger partial charge on any atom is 0.352 e. The van der Waals surface area contributed by atoms with Gasteiger partial charge in [-0.2, -0.15) is 0 Å². The van der Waals surface area contributed by atoms with Crippen molar-refractivity contribution in [1.82, 2.24) is 4.98 Å². The van der Waals surface area contributed by atoms with Crippen LogP contribution in [0.5, 0.6) is 5.75 Å². The van der Waals surface area contributed by atoms with Crippen LogP contribution in [0.25, 0.3) is 10.9 Å². The van der Waals surface area contributed by atoms with E-state index in [0.29, 0.717) is 34.6 Å². The first-order chi connectivity index (χ1) is 15.7. The molecule has 11 heteroatoms. The van der Waals surface area contributed by atoms with Crippen LogP contribution in [0.1, 0.15) is 40.9 Å². The van der Waals surface area contributed by atoms with Gasteiger partial charge in [0.1, 0.15) is 11.4 Å². The molecule has 0 radical (unpaired) electrons. The molecular weight excluding hydrogens is 485 g/mol. The van der Waals surface area contributed by atoms with Gasteiger partial charge in [0, 0.05) is 33.6 Å². The normalized spacial score (nSPS) is 15.3. The van der Waals surface area contributed by atoms with E-state index in [1.807, 2.05) is 6.07 Å². The molecule has 0 saturated carbocycles. The molecule has 1 amide bonds. The van der Waals surface area contributed by atoms with E-state index in [9.17, 15) is 19.5 Å². The number of carbonyl (C=O) groups excluding carboxylic acids is 1. The number of hydrogen-bond acceptors (Lipinski definition) is 5. The second-order valence-electron chi connectivity index (χ2n) is 8.07. The van der Waals surface area contributed by atoms with E-state index in [1.165, 1.54) is 12.1 Å². The summed E-state index contributed by atoms with van der Waals surface area (Å²) in [6.07, 6.45) is 1.22. The average Bonchev–Trinajstić information content (AvgIpc) is 3.14. The molecule has 9 nitrogen and oxygen atoms in total. The molecule has 34 heavy (non-hydrogen) atoms. The van der Waals surface area contributed by atoms with Crippen LogP contribution in [-0.2, 0) is 16.0 Å². The van der Waals surface area contributed by atoms with Crippen molar-refractivity contribution in [1.29, 1.82) is 0 Å². The Morgan fingerprint density at radius 3 is 2.68 bits per heavy atom. The van der Waals surface area contributed by atoms with E-state index < -0.39 is 24.5 Å². The SMILES string of the molecule is CC(C(=O)Nc1ccc(N)cc1OCC(=O)O)C1CCc2cc(Cl)cc3[nH]c(C(=O)O)c1c23.Cl. The van der Waals surface area contributed by atoms with Gasteiger partial charge in [-0.25, -0.2) is 9.59 Å². The zero-order valence-corrected chi connectivity index (χ0v) is 19.6. The number of aliphatic carboxylic acids is 1. The van der Waals surface area contributed by atoms with Crippen molar-refractivity contribution < 1.29 is 29.3 Å². The highest BCUT2D eigenvalue weighted by atomic mass is 35.5. The van der Waals surface area contributed by atoms with E-state index in [0.717, 1.165) is 10.9 Å². The fourth-order valence-electron chi connectivity index (χ4n) is 4.43. The van der Waals surface area contributed by atoms with Crippen LogP contribution in [0.4, 0.5) is 11.4 Å². The van der Waals surface area contributed by atoms with Gasteiger partial charge in [0.15, 0.2) is 6.61 Å². The smallest absolute Gasteiger partial charge is 0.352 e. The number of aromatic carboxylic acids is 1. The monoisotopic (exact) mass is 507 g/mol. The van der Waals surface area contributed by atoms with Gasteiger partial charge in [-0.3, -0.25) is 4.79 Å². The Hall–Kier alpha value is -3.43. The molecule has 0 aliphatic heterocycles. The predicted octanol–water partition coefficient (Wildman–Crippen LogP) is 4.29. The molecule has 6 N–H and O–H groups in total. The minimum atomic E-state index is -1.17. The van der Waals surface area contributed by atoms with Gasteiger partial charge in [0.05, 0.1) is 5.69 Å². The number of halogens is 2. The topological polar surface area (TPSA) is 155 Å². The van der Waals surface area contributed by atoms with Gasteiger partial charge in [-0.15, -0.1) is 12.4 Å². The van der Waals surface area contributed by atoms with Gasteiger partial charge in [0.25, 0.3) is 0 Å². The molecule has 3 aromatic rings. The number of carboxylic acids is 2. The number of amides is 1. The molecule has 0 saturated heterocycles. The summed E-state index contributed by atoms with van der Waals surface area (Å²) in [5, 5.41) is 22.8. The first-order valence-corrected chi connectivity index (χ1v) is 10.7. The van der Waals surface area contributed by atoms with Crippen LogP contribution in [0.2, 0.25) is 5.02 Å². The summed E-state index contributed by atoms with van der Waals surface area (Å²) in [6.45, 7) is 1.15. The third-order valence-corrected chi connectivity index (χ3v) is 6.14. The van der Waals surface area contributed by atoms with Crippen LogP contribution in [0.15, 0.2) is 30.3 Å². The van der Waals surface area contributed by atoms with Gasteiger partial charge in [-0.05, 0) is 54.2 Å². The Bertz CT molecular complexity index is 1290. The zero-order valence-electron chi connectivity index (χ0n) is 18.1. The van der Waals surface area contributed by atoms with Gasteiger partial charge < -0.3 is 31.0 Å². The molecule has 4 rings (SSSR count). The first kappa shape index (κ1) is 25.2. The number of rotatable bonds is 7. The van der Waals surface area contributed by atoms with Crippen LogP contribution in [-0.4, -0.2) is 39.6 Å². The fourth-order valence-corrected chi connectivity index (χ4v) is 4.67. The molecular formula is C23H23Cl2N3O6. The summed E-state index contributed by atoms with van der Waals surface area (Å²) >= 11 is 6.19. The number of carbonyl (C=O) groups is 3. The van der Waals surface area contributed by atoms with E-state index in [2.05, 4.69) is 10.3 Å². The summed E-state index contributed by atoms with van der Waals surface area (Å²) in [5.41, 5.74) is 8.62. The number of anilines is 2. The molecule has 2 unspecified atom stereocenters.